The van der Waals surface area contributed by atoms with Crippen LogP contribution in [0.15, 0.2) is 21.2 Å². The van der Waals surface area contributed by atoms with Crippen LogP contribution in [0.5, 0.6) is 0 Å². The Balaban J connectivity index is 2.85. The van der Waals surface area contributed by atoms with Gasteiger partial charge in [-0.15, -0.1) is 0 Å². The second-order valence-corrected chi connectivity index (χ2v) is 4.93. The van der Waals surface area contributed by atoms with Crippen molar-refractivity contribution in [2.75, 3.05) is 0 Å². The highest BCUT2D eigenvalue weighted by Crippen LogP contribution is 2.32. The third-order valence-electron chi connectivity index (χ3n) is 1.83. The summed E-state index contributed by atoms with van der Waals surface area (Å²) in [5.74, 6) is 0.828. The molecule has 3 heteroatoms. The Morgan fingerprint density at radius 2 is 2.08 bits per heavy atom. The summed E-state index contributed by atoms with van der Waals surface area (Å²) in [4.78, 5) is 0. The molecular formula is C9H14BrNO. The Bertz CT molecular complexity index is 262. The largest absolute Gasteiger partial charge is 0.466 e. The van der Waals surface area contributed by atoms with Crippen molar-refractivity contribution in [2.24, 2.45) is 11.1 Å². The summed E-state index contributed by atoms with van der Waals surface area (Å²) in [6, 6.07) is 1.86. The maximum absolute atomic E-state index is 5.97. The summed E-state index contributed by atoms with van der Waals surface area (Å²) in [6.07, 6.45) is 1.65. The predicted molar refractivity (Wildman–Crippen MR) is 52.8 cm³/mol. The minimum atomic E-state index is -0.0520. The molecule has 1 atom stereocenters. The van der Waals surface area contributed by atoms with Crippen LogP contribution in [0.1, 0.15) is 32.6 Å². The fraction of sp³-hybridized carbons (Fsp3) is 0.556. The van der Waals surface area contributed by atoms with Crippen LogP contribution >= 0.6 is 15.9 Å². The van der Waals surface area contributed by atoms with Crippen molar-refractivity contribution in [1.29, 1.82) is 0 Å². The Hall–Kier alpha value is -0.280. The molecule has 2 nitrogen and oxygen atoms in total. The third-order valence-corrected chi connectivity index (χ3v) is 2.24. The minimum Gasteiger partial charge on any atom is -0.466 e. The van der Waals surface area contributed by atoms with Crippen LogP contribution in [0.25, 0.3) is 0 Å². The van der Waals surface area contributed by atoms with Crippen molar-refractivity contribution in [1.82, 2.24) is 0 Å². The molecule has 1 aromatic rings. The summed E-state index contributed by atoms with van der Waals surface area (Å²) in [6.45, 7) is 6.27. The molecule has 68 valence electrons. The van der Waals surface area contributed by atoms with Gasteiger partial charge in [0.1, 0.15) is 12.0 Å². The lowest BCUT2D eigenvalue weighted by Gasteiger charge is -2.24. The van der Waals surface area contributed by atoms with E-state index in [2.05, 4.69) is 36.7 Å². The molecule has 1 heterocycles. The first-order valence-electron chi connectivity index (χ1n) is 3.91. The van der Waals surface area contributed by atoms with Gasteiger partial charge in [0.15, 0.2) is 0 Å². The molecule has 0 saturated carbocycles. The van der Waals surface area contributed by atoms with Crippen molar-refractivity contribution < 1.29 is 4.42 Å². The molecule has 0 aromatic carbocycles. The molecule has 12 heavy (non-hydrogen) atoms. The van der Waals surface area contributed by atoms with Crippen molar-refractivity contribution >= 4 is 15.9 Å². The van der Waals surface area contributed by atoms with Crippen molar-refractivity contribution in [3.8, 4) is 0 Å². The summed E-state index contributed by atoms with van der Waals surface area (Å²) in [5.41, 5.74) is 6.01. The van der Waals surface area contributed by atoms with Gasteiger partial charge in [-0.3, -0.25) is 0 Å². The lowest BCUT2D eigenvalue weighted by Crippen LogP contribution is -2.25. The van der Waals surface area contributed by atoms with Crippen LogP contribution in [-0.2, 0) is 0 Å². The number of rotatable bonds is 1. The first kappa shape index (κ1) is 9.81. The molecule has 0 amide bonds. The van der Waals surface area contributed by atoms with E-state index in [1.54, 1.807) is 6.26 Å². The highest BCUT2D eigenvalue weighted by Gasteiger charge is 2.24. The van der Waals surface area contributed by atoms with Crippen molar-refractivity contribution in [3.63, 3.8) is 0 Å². The summed E-state index contributed by atoms with van der Waals surface area (Å²) >= 11 is 3.32. The highest BCUT2D eigenvalue weighted by molar-refractivity contribution is 9.10. The molecule has 0 bridgehead atoms. The van der Waals surface area contributed by atoms with Crippen LogP contribution in [0, 0.1) is 5.41 Å². The average molecular weight is 232 g/mol. The van der Waals surface area contributed by atoms with Gasteiger partial charge in [-0.25, -0.2) is 0 Å². The van der Waals surface area contributed by atoms with Gasteiger partial charge in [0.2, 0.25) is 0 Å². The molecule has 1 rings (SSSR count). The maximum atomic E-state index is 5.97. The lowest BCUT2D eigenvalue weighted by molar-refractivity contribution is 0.285. The van der Waals surface area contributed by atoms with Gasteiger partial charge in [0.25, 0.3) is 0 Å². The van der Waals surface area contributed by atoms with Crippen LogP contribution in [0.3, 0.4) is 0 Å². The smallest absolute Gasteiger partial charge is 0.122 e. The Kier molecular flexibility index (Phi) is 2.64. The van der Waals surface area contributed by atoms with E-state index in [0.29, 0.717) is 0 Å². The first-order chi connectivity index (χ1) is 5.41. The number of hydrogen-bond acceptors (Lipinski definition) is 2. The molecule has 0 radical (unpaired) electrons. The van der Waals surface area contributed by atoms with E-state index in [1.165, 1.54) is 0 Å². The van der Waals surface area contributed by atoms with E-state index in [9.17, 15) is 0 Å². The highest BCUT2D eigenvalue weighted by atomic mass is 79.9. The molecule has 2 N–H and O–H groups in total. The van der Waals surface area contributed by atoms with Crippen molar-refractivity contribution in [2.45, 2.75) is 26.8 Å². The zero-order chi connectivity index (χ0) is 9.35. The van der Waals surface area contributed by atoms with E-state index in [1.807, 2.05) is 6.07 Å². The van der Waals surface area contributed by atoms with Gasteiger partial charge in [0, 0.05) is 0 Å². The first-order valence-corrected chi connectivity index (χ1v) is 4.70. The molecule has 1 aromatic heterocycles. The van der Waals surface area contributed by atoms with Gasteiger partial charge in [-0.1, -0.05) is 20.8 Å². The molecule has 0 aliphatic carbocycles. The van der Waals surface area contributed by atoms with Gasteiger partial charge >= 0.3 is 0 Å². The zero-order valence-electron chi connectivity index (χ0n) is 7.60. The fourth-order valence-electron chi connectivity index (χ4n) is 0.918. The van der Waals surface area contributed by atoms with Crippen LogP contribution in [-0.4, -0.2) is 0 Å². The number of hydrogen-bond donors (Lipinski definition) is 1. The summed E-state index contributed by atoms with van der Waals surface area (Å²) in [7, 11) is 0. The number of furan rings is 1. The quantitative estimate of drug-likeness (QED) is 0.807. The molecule has 0 spiro atoms. The molecular weight excluding hydrogens is 218 g/mol. The monoisotopic (exact) mass is 231 g/mol. The molecule has 0 fully saturated rings. The Morgan fingerprint density at radius 1 is 1.50 bits per heavy atom. The summed E-state index contributed by atoms with van der Waals surface area (Å²) in [5, 5.41) is 0. The molecule has 0 aliphatic heterocycles. The van der Waals surface area contributed by atoms with E-state index < -0.39 is 0 Å². The predicted octanol–water partition coefficient (Wildman–Crippen LogP) is 3.09. The average Bonchev–Trinajstić information content (AvgIpc) is 2.32. The maximum Gasteiger partial charge on any atom is 0.122 e. The fourth-order valence-corrected chi connectivity index (χ4v) is 1.24. The molecule has 0 aliphatic rings. The van der Waals surface area contributed by atoms with Crippen molar-refractivity contribution in [3.05, 3.63) is 22.6 Å². The van der Waals surface area contributed by atoms with Crippen LogP contribution in [0.2, 0.25) is 0 Å². The van der Waals surface area contributed by atoms with Gasteiger partial charge in [-0.2, -0.15) is 0 Å². The number of nitrogens with two attached hydrogens (primary N) is 1. The van der Waals surface area contributed by atoms with Crippen LogP contribution in [0.4, 0.5) is 0 Å². The minimum absolute atomic E-state index is 0.0390. The zero-order valence-corrected chi connectivity index (χ0v) is 9.18. The Labute approximate surface area is 81.3 Å². The van der Waals surface area contributed by atoms with E-state index in [-0.39, 0.29) is 11.5 Å². The molecule has 0 saturated heterocycles. The second-order valence-electron chi connectivity index (χ2n) is 4.01. The number of halogens is 1. The standard InChI is InChI=1S/C9H14BrNO/c1-9(2,3)8(11)7-4-6(10)5-12-7/h4-5,8H,11H2,1-3H3/t8-/m0/s1. The van der Waals surface area contributed by atoms with Gasteiger partial charge in [0.05, 0.1) is 10.5 Å². The topological polar surface area (TPSA) is 39.2 Å². The lowest BCUT2D eigenvalue weighted by atomic mass is 9.86. The van der Waals surface area contributed by atoms with E-state index in [4.69, 9.17) is 10.2 Å². The molecule has 0 unspecified atom stereocenters. The van der Waals surface area contributed by atoms with Gasteiger partial charge < -0.3 is 10.2 Å². The van der Waals surface area contributed by atoms with E-state index in [0.717, 1.165) is 10.2 Å². The van der Waals surface area contributed by atoms with Crippen LogP contribution < -0.4 is 5.73 Å². The third kappa shape index (κ3) is 2.11. The summed E-state index contributed by atoms with van der Waals surface area (Å²) < 4.78 is 6.22. The SMILES string of the molecule is CC(C)(C)[C@@H](N)c1cc(Br)co1. The second kappa shape index (κ2) is 3.23. The van der Waals surface area contributed by atoms with Gasteiger partial charge in [-0.05, 0) is 27.4 Å². The van der Waals surface area contributed by atoms with E-state index >= 15 is 0 Å². The Morgan fingerprint density at radius 3 is 2.42 bits per heavy atom. The normalized spacial score (nSPS) is 14.8.